The van der Waals surface area contributed by atoms with E-state index in [0.717, 1.165) is 48.0 Å². The second kappa shape index (κ2) is 8.19. The molecule has 0 spiro atoms. The quantitative estimate of drug-likeness (QED) is 0.429. The number of benzene rings is 2. The third-order valence-corrected chi connectivity index (χ3v) is 6.04. The molecule has 0 unspecified atom stereocenters. The molecule has 3 heterocycles. The van der Waals surface area contributed by atoms with Gasteiger partial charge < -0.3 is 9.74 Å². The summed E-state index contributed by atoms with van der Waals surface area (Å²) in [6.07, 6.45) is -1.35. The van der Waals surface area contributed by atoms with Crippen LogP contribution in [0.15, 0.2) is 59.9 Å². The first-order valence-electron chi connectivity index (χ1n) is 10.3. The van der Waals surface area contributed by atoms with Gasteiger partial charge in [0.05, 0.1) is 11.4 Å². The van der Waals surface area contributed by atoms with E-state index in [2.05, 4.69) is 19.9 Å². The number of hydrogen-bond acceptors (Lipinski definition) is 5. The zero-order chi connectivity index (χ0) is 23.2. The highest BCUT2D eigenvalue weighted by molar-refractivity contribution is 6.35. The van der Waals surface area contributed by atoms with Crippen molar-refractivity contribution in [1.29, 1.82) is 0 Å². The highest BCUT2D eigenvalue weighted by Gasteiger charge is 2.32. The van der Waals surface area contributed by atoms with Gasteiger partial charge in [-0.3, -0.25) is 4.98 Å². The number of nitrogens with zero attached hydrogens (tertiary/aromatic N) is 3. The maximum absolute atomic E-state index is 12.8. The predicted octanol–water partition coefficient (Wildman–Crippen LogP) is 6.16. The normalized spacial score (nSPS) is 15.8. The molecule has 9 heteroatoms. The first kappa shape index (κ1) is 21.5. The summed E-state index contributed by atoms with van der Waals surface area (Å²) in [5.41, 5.74) is 4.72. The van der Waals surface area contributed by atoms with Crippen LogP contribution in [0.3, 0.4) is 0 Å². The summed E-state index contributed by atoms with van der Waals surface area (Å²) in [4.78, 5) is 21.7. The Hall–Kier alpha value is -3.39. The highest BCUT2D eigenvalue weighted by Crippen LogP contribution is 2.38. The molecule has 0 saturated heterocycles. The molecular weight excluding hydrogens is 455 g/mol. The minimum absolute atomic E-state index is 0.0905. The number of rotatable bonds is 3. The first-order valence-corrected chi connectivity index (χ1v) is 10.7. The lowest BCUT2D eigenvalue weighted by atomic mass is 9.96. The fourth-order valence-electron chi connectivity index (χ4n) is 4.13. The van der Waals surface area contributed by atoms with Crippen molar-refractivity contribution < 1.29 is 22.8 Å². The van der Waals surface area contributed by atoms with Gasteiger partial charge in [0.2, 0.25) is 0 Å². The Bertz CT molecular complexity index is 1270. The highest BCUT2D eigenvalue weighted by atomic mass is 35.5. The largest absolute Gasteiger partial charge is 0.433 e. The minimum Gasteiger partial charge on any atom is -0.341 e. The van der Waals surface area contributed by atoms with Crippen LogP contribution < -0.4 is 4.90 Å². The number of fused-ring (bicyclic) bond motifs is 1. The number of hydrogen-bond donors (Lipinski definition) is 0. The Morgan fingerprint density at radius 2 is 1.85 bits per heavy atom. The monoisotopic (exact) mass is 471 g/mol. The van der Waals surface area contributed by atoms with E-state index < -0.39 is 17.8 Å². The fourth-order valence-corrected chi connectivity index (χ4v) is 4.42. The number of aromatic nitrogens is 1. The second-order valence-corrected chi connectivity index (χ2v) is 8.28. The number of anilines is 2. The summed E-state index contributed by atoms with van der Waals surface area (Å²) in [7, 11) is 0. The number of pyridine rings is 1. The standard InChI is InChI=1S/C24H17ClF3N3O2/c25-19-11-17(5-6-18(19)20-12-23(32)33-30-20)31-9-1-2-15-10-14(3-7-21(15)31)16-4-8-22(29-13-16)24(26,27)28/h3-8,10-11,13H,1-2,9,12H2. The number of halogens is 4. The molecule has 5 rings (SSSR count). The third kappa shape index (κ3) is 4.18. The van der Waals surface area contributed by atoms with E-state index in [0.29, 0.717) is 21.9 Å². The molecule has 0 saturated carbocycles. The molecule has 2 aliphatic heterocycles. The summed E-state index contributed by atoms with van der Waals surface area (Å²) >= 11 is 6.49. The van der Waals surface area contributed by atoms with Crippen LogP contribution in [0.1, 0.15) is 29.7 Å². The zero-order valence-electron chi connectivity index (χ0n) is 17.2. The molecule has 0 radical (unpaired) electrons. The predicted molar refractivity (Wildman–Crippen MR) is 119 cm³/mol. The van der Waals surface area contributed by atoms with E-state index in [1.165, 1.54) is 12.3 Å². The molecule has 0 atom stereocenters. The van der Waals surface area contributed by atoms with Gasteiger partial charge >= 0.3 is 12.1 Å². The van der Waals surface area contributed by atoms with Crippen LogP contribution in [0.2, 0.25) is 5.02 Å². The van der Waals surface area contributed by atoms with Gasteiger partial charge in [-0.25, -0.2) is 4.79 Å². The van der Waals surface area contributed by atoms with Gasteiger partial charge in [0.15, 0.2) is 0 Å². The number of alkyl halides is 3. The molecule has 2 aliphatic rings. The summed E-state index contributed by atoms with van der Waals surface area (Å²) in [6.45, 7) is 0.798. The first-order chi connectivity index (χ1) is 15.8. The second-order valence-electron chi connectivity index (χ2n) is 7.87. The Balaban J connectivity index is 1.43. The molecule has 0 bridgehead atoms. The van der Waals surface area contributed by atoms with Crippen molar-refractivity contribution in [2.45, 2.75) is 25.4 Å². The van der Waals surface area contributed by atoms with Crippen LogP contribution in [0.4, 0.5) is 24.5 Å². The Kier molecular flexibility index (Phi) is 5.32. The SMILES string of the molecule is O=C1CC(c2ccc(N3CCCc4cc(-c5ccc(C(F)(F)F)nc5)ccc43)cc2Cl)=NO1. The van der Waals surface area contributed by atoms with Crippen molar-refractivity contribution in [3.63, 3.8) is 0 Å². The van der Waals surface area contributed by atoms with Crippen molar-refractivity contribution in [1.82, 2.24) is 4.98 Å². The number of carbonyl (C=O) groups excluding carboxylic acids is 1. The van der Waals surface area contributed by atoms with Gasteiger partial charge in [-0.2, -0.15) is 13.2 Å². The van der Waals surface area contributed by atoms with Crippen molar-refractivity contribution in [3.05, 3.63) is 76.6 Å². The summed E-state index contributed by atoms with van der Waals surface area (Å²) in [5, 5.41) is 4.26. The van der Waals surface area contributed by atoms with Crippen LogP contribution in [-0.2, 0) is 22.2 Å². The van der Waals surface area contributed by atoms with Crippen molar-refractivity contribution >= 4 is 34.7 Å². The van der Waals surface area contributed by atoms with Gasteiger partial charge in [0.1, 0.15) is 11.4 Å². The molecule has 0 amide bonds. The van der Waals surface area contributed by atoms with Gasteiger partial charge in [-0.05, 0) is 60.4 Å². The molecule has 3 aromatic rings. The Morgan fingerprint density at radius 1 is 1.03 bits per heavy atom. The number of oxime groups is 1. The van der Waals surface area contributed by atoms with E-state index in [1.54, 1.807) is 0 Å². The van der Waals surface area contributed by atoms with Crippen molar-refractivity contribution in [2.24, 2.45) is 5.16 Å². The third-order valence-electron chi connectivity index (χ3n) is 5.73. The molecule has 0 N–H and O–H groups in total. The smallest absolute Gasteiger partial charge is 0.341 e. The van der Waals surface area contributed by atoms with E-state index in [-0.39, 0.29) is 6.42 Å². The summed E-state index contributed by atoms with van der Waals surface area (Å²) < 4.78 is 38.4. The average molecular weight is 472 g/mol. The molecule has 0 fully saturated rings. The maximum atomic E-state index is 12.8. The lowest BCUT2D eigenvalue weighted by Gasteiger charge is -2.32. The van der Waals surface area contributed by atoms with E-state index in [1.807, 2.05) is 36.4 Å². The van der Waals surface area contributed by atoms with Gasteiger partial charge in [-0.1, -0.05) is 28.9 Å². The topological polar surface area (TPSA) is 54.8 Å². The fraction of sp³-hybridized carbons (Fsp3) is 0.208. The molecule has 0 aliphatic carbocycles. The lowest BCUT2D eigenvalue weighted by Crippen LogP contribution is -2.24. The molecule has 33 heavy (non-hydrogen) atoms. The zero-order valence-corrected chi connectivity index (χ0v) is 18.0. The van der Waals surface area contributed by atoms with Crippen LogP contribution >= 0.6 is 11.6 Å². The van der Waals surface area contributed by atoms with Gasteiger partial charge in [0, 0.05) is 35.2 Å². The van der Waals surface area contributed by atoms with Crippen molar-refractivity contribution in [2.75, 3.05) is 11.4 Å². The number of carbonyl (C=O) groups is 1. The average Bonchev–Trinajstić information content (AvgIpc) is 3.23. The van der Waals surface area contributed by atoms with Crippen LogP contribution in [0.25, 0.3) is 11.1 Å². The molecular formula is C24H17ClF3N3O2. The molecule has 1 aromatic heterocycles. The molecule has 168 valence electrons. The minimum atomic E-state index is -4.46. The Labute approximate surface area is 192 Å². The van der Waals surface area contributed by atoms with E-state index in [4.69, 9.17) is 11.6 Å². The summed E-state index contributed by atoms with van der Waals surface area (Å²) in [5.74, 6) is -0.408. The number of aryl methyl sites for hydroxylation is 1. The van der Waals surface area contributed by atoms with Crippen LogP contribution in [0.5, 0.6) is 0 Å². The molecule has 5 nitrogen and oxygen atoms in total. The van der Waals surface area contributed by atoms with E-state index in [9.17, 15) is 18.0 Å². The van der Waals surface area contributed by atoms with E-state index >= 15 is 0 Å². The summed E-state index contributed by atoms with van der Waals surface area (Å²) in [6, 6.07) is 13.9. The molecule has 2 aromatic carbocycles. The van der Waals surface area contributed by atoms with Gasteiger partial charge in [0.25, 0.3) is 0 Å². The Morgan fingerprint density at radius 3 is 2.52 bits per heavy atom. The maximum Gasteiger partial charge on any atom is 0.433 e. The lowest BCUT2D eigenvalue weighted by molar-refractivity contribution is -0.141. The van der Waals surface area contributed by atoms with Gasteiger partial charge in [-0.15, -0.1) is 0 Å². The van der Waals surface area contributed by atoms with Crippen molar-refractivity contribution in [3.8, 4) is 11.1 Å². The van der Waals surface area contributed by atoms with Crippen LogP contribution in [-0.4, -0.2) is 23.2 Å². The van der Waals surface area contributed by atoms with Crippen LogP contribution in [0, 0.1) is 0 Å².